The van der Waals surface area contributed by atoms with Gasteiger partial charge in [0, 0.05) is 0 Å². The van der Waals surface area contributed by atoms with Crippen LogP contribution in [0.4, 0.5) is 0 Å². The van der Waals surface area contributed by atoms with Crippen molar-refractivity contribution in [2.24, 2.45) is 5.92 Å². The zero-order chi connectivity index (χ0) is 15.5. The molecule has 1 aromatic rings. The van der Waals surface area contributed by atoms with E-state index in [4.69, 9.17) is 4.74 Å². The van der Waals surface area contributed by atoms with Crippen molar-refractivity contribution in [2.45, 2.75) is 77.4 Å². The van der Waals surface area contributed by atoms with Gasteiger partial charge in [-0.05, 0) is 54.7 Å². The van der Waals surface area contributed by atoms with E-state index in [-0.39, 0.29) is 17.6 Å². The van der Waals surface area contributed by atoms with Gasteiger partial charge in [0.05, 0.1) is 6.10 Å². The molecule has 2 rings (SSSR count). The summed E-state index contributed by atoms with van der Waals surface area (Å²) in [5, 5.41) is 10.1. The van der Waals surface area contributed by atoms with Crippen LogP contribution in [0.15, 0.2) is 24.3 Å². The SMILES string of the molecule is CCC1CCC(O)C(Oc2ccc(C(C)(C)CC)cc2)C1. The molecule has 2 nitrogen and oxygen atoms in total. The van der Waals surface area contributed by atoms with Gasteiger partial charge in [-0.1, -0.05) is 46.2 Å². The lowest BCUT2D eigenvalue weighted by Crippen LogP contribution is -2.38. The Labute approximate surface area is 129 Å². The summed E-state index contributed by atoms with van der Waals surface area (Å²) in [4.78, 5) is 0. The van der Waals surface area contributed by atoms with Crippen LogP contribution in [0.5, 0.6) is 5.75 Å². The molecule has 21 heavy (non-hydrogen) atoms. The van der Waals surface area contributed by atoms with Gasteiger partial charge in [-0.3, -0.25) is 0 Å². The van der Waals surface area contributed by atoms with Crippen LogP contribution < -0.4 is 4.74 Å². The van der Waals surface area contributed by atoms with Crippen molar-refractivity contribution < 1.29 is 9.84 Å². The second-order valence-electron chi connectivity index (χ2n) is 7.07. The molecule has 0 spiro atoms. The third kappa shape index (κ3) is 4.00. The minimum absolute atomic E-state index is 0.0475. The Balaban J connectivity index is 2.02. The topological polar surface area (TPSA) is 29.5 Å². The molecule has 1 fully saturated rings. The summed E-state index contributed by atoms with van der Waals surface area (Å²) >= 11 is 0. The van der Waals surface area contributed by atoms with Crippen molar-refractivity contribution in [1.82, 2.24) is 0 Å². The van der Waals surface area contributed by atoms with E-state index in [0.29, 0.717) is 5.92 Å². The normalized spacial score (nSPS) is 26.6. The summed E-state index contributed by atoms with van der Waals surface area (Å²) in [6.07, 6.45) is 4.89. The van der Waals surface area contributed by atoms with Gasteiger partial charge in [0.1, 0.15) is 11.9 Å². The highest BCUT2D eigenvalue weighted by atomic mass is 16.5. The monoisotopic (exact) mass is 290 g/mol. The van der Waals surface area contributed by atoms with Gasteiger partial charge >= 0.3 is 0 Å². The quantitative estimate of drug-likeness (QED) is 0.852. The molecule has 118 valence electrons. The third-order valence-corrected chi connectivity index (χ3v) is 5.25. The standard InChI is InChI=1S/C19H30O2/c1-5-14-7-12-17(20)18(13-14)21-16-10-8-15(9-11-16)19(3,4)6-2/h8-11,14,17-18,20H,5-7,12-13H2,1-4H3. The van der Waals surface area contributed by atoms with Crippen LogP contribution in [0, 0.1) is 5.92 Å². The molecule has 2 heteroatoms. The molecule has 0 aromatic heterocycles. The number of rotatable bonds is 5. The first-order valence-corrected chi connectivity index (χ1v) is 8.41. The van der Waals surface area contributed by atoms with Crippen LogP contribution in [0.25, 0.3) is 0 Å². The fourth-order valence-corrected chi connectivity index (χ4v) is 3.06. The Hall–Kier alpha value is -1.02. The number of ether oxygens (including phenoxy) is 1. The molecule has 1 aromatic carbocycles. The van der Waals surface area contributed by atoms with Crippen molar-refractivity contribution in [3.63, 3.8) is 0 Å². The lowest BCUT2D eigenvalue weighted by atomic mass is 9.82. The lowest BCUT2D eigenvalue weighted by molar-refractivity contribution is -0.0109. The average Bonchev–Trinajstić information content (AvgIpc) is 2.50. The average molecular weight is 290 g/mol. The van der Waals surface area contributed by atoms with Gasteiger partial charge in [-0.2, -0.15) is 0 Å². The van der Waals surface area contributed by atoms with E-state index in [1.165, 1.54) is 12.0 Å². The number of benzene rings is 1. The molecule has 0 bridgehead atoms. The summed E-state index contributed by atoms with van der Waals surface area (Å²) in [6.45, 7) is 8.97. The molecule has 0 radical (unpaired) electrons. The first-order valence-electron chi connectivity index (χ1n) is 8.41. The van der Waals surface area contributed by atoms with Gasteiger partial charge in [0.25, 0.3) is 0 Å². The first-order chi connectivity index (χ1) is 9.96. The number of aliphatic hydroxyl groups excluding tert-OH is 1. The Bertz CT molecular complexity index is 435. The maximum atomic E-state index is 10.1. The molecule has 0 amide bonds. The maximum Gasteiger partial charge on any atom is 0.125 e. The van der Waals surface area contributed by atoms with E-state index in [1.54, 1.807) is 0 Å². The second-order valence-corrected chi connectivity index (χ2v) is 7.07. The number of hydrogen-bond donors (Lipinski definition) is 1. The van der Waals surface area contributed by atoms with Crippen LogP contribution >= 0.6 is 0 Å². The van der Waals surface area contributed by atoms with Crippen molar-refractivity contribution in [1.29, 1.82) is 0 Å². The minimum Gasteiger partial charge on any atom is -0.488 e. The summed E-state index contributed by atoms with van der Waals surface area (Å²) in [5.41, 5.74) is 1.55. The molecule has 1 N–H and O–H groups in total. The number of hydrogen-bond acceptors (Lipinski definition) is 2. The van der Waals surface area contributed by atoms with Crippen molar-refractivity contribution in [3.8, 4) is 5.75 Å². The minimum atomic E-state index is -0.320. The van der Waals surface area contributed by atoms with Gasteiger partial charge < -0.3 is 9.84 Å². The van der Waals surface area contributed by atoms with E-state index < -0.39 is 0 Å². The van der Waals surface area contributed by atoms with E-state index in [2.05, 4.69) is 52.0 Å². The smallest absolute Gasteiger partial charge is 0.125 e. The van der Waals surface area contributed by atoms with Gasteiger partial charge in [0.15, 0.2) is 0 Å². The molecular formula is C19H30O2. The van der Waals surface area contributed by atoms with Crippen LogP contribution in [0.1, 0.15) is 65.4 Å². The highest BCUT2D eigenvalue weighted by molar-refractivity contribution is 5.31. The summed E-state index contributed by atoms with van der Waals surface area (Å²) < 4.78 is 6.05. The summed E-state index contributed by atoms with van der Waals surface area (Å²) in [6, 6.07) is 8.42. The Morgan fingerprint density at radius 3 is 2.38 bits per heavy atom. The molecule has 1 aliphatic rings. The molecule has 3 unspecified atom stereocenters. The third-order valence-electron chi connectivity index (χ3n) is 5.25. The number of aliphatic hydroxyl groups is 1. The van der Waals surface area contributed by atoms with Crippen LogP contribution in [-0.2, 0) is 5.41 Å². The molecule has 0 heterocycles. The molecule has 3 atom stereocenters. The largest absolute Gasteiger partial charge is 0.488 e. The molecule has 1 aliphatic carbocycles. The van der Waals surface area contributed by atoms with Crippen LogP contribution in [0.2, 0.25) is 0 Å². The maximum absolute atomic E-state index is 10.1. The molecular weight excluding hydrogens is 260 g/mol. The van der Waals surface area contributed by atoms with Crippen LogP contribution in [-0.4, -0.2) is 17.3 Å². The Morgan fingerprint density at radius 2 is 1.81 bits per heavy atom. The van der Waals surface area contributed by atoms with Gasteiger partial charge in [-0.25, -0.2) is 0 Å². The van der Waals surface area contributed by atoms with E-state index in [9.17, 15) is 5.11 Å². The second kappa shape index (κ2) is 6.83. The van der Waals surface area contributed by atoms with E-state index >= 15 is 0 Å². The highest BCUT2D eigenvalue weighted by Crippen LogP contribution is 2.32. The van der Waals surface area contributed by atoms with Crippen LogP contribution in [0.3, 0.4) is 0 Å². The fraction of sp³-hybridized carbons (Fsp3) is 0.684. The summed E-state index contributed by atoms with van der Waals surface area (Å²) in [5.74, 6) is 1.57. The first kappa shape index (κ1) is 16.4. The van der Waals surface area contributed by atoms with Gasteiger partial charge in [-0.15, -0.1) is 0 Å². The van der Waals surface area contributed by atoms with Gasteiger partial charge in [0.2, 0.25) is 0 Å². The Kier molecular flexibility index (Phi) is 5.32. The predicted octanol–water partition coefficient (Wildman–Crippen LogP) is 4.69. The fourth-order valence-electron chi connectivity index (χ4n) is 3.06. The predicted molar refractivity (Wildman–Crippen MR) is 87.8 cm³/mol. The molecule has 1 saturated carbocycles. The zero-order valence-corrected chi connectivity index (χ0v) is 13.9. The zero-order valence-electron chi connectivity index (χ0n) is 13.9. The van der Waals surface area contributed by atoms with Crippen molar-refractivity contribution in [2.75, 3.05) is 0 Å². The van der Waals surface area contributed by atoms with Crippen molar-refractivity contribution >= 4 is 0 Å². The Morgan fingerprint density at radius 1 is 1.14 bits per heavy atom. The molecule has 0 aliphatic heterocycles. The molecule has 0 saturated heterocycles. The van der Waals surface area contributed by atoms with E-state index in [1.807, 2.05) is 0 Å². The summed E-state index contributed by atoms with van der Waals surface area (Å²) in [7, 11) is 0. The lowest BCUT2D eigenvalue weighted by Gasteiger charge is -2.33. The highest BCUT2D eigenvalue weighted by Gasteiger charge is 2.30. The van der Waals surface area contributed by atoms with Crippen molar-refractivity contribution in [3.05, 3.63) is 29.8 Å². The van der Waals surface area contributed by atoms with E-state index in [0.717, 1.165) is 31.4 Å².